The normalized spacial score (nSPS) is 29.5. The Balaban J connectivity index is 2.21. The second-order valence-electron chi connectivity index (χ2n) is 3.93. The molecule has 1 fully saturated rings. The fraction of sp³-hybridized carbons (Fsp3) is 0.364. The van der Waals surface area contributed by atoms with Crippen molar-refractivity contribution >= 4 is 28.4 Å². The number of carbonyl (C=O) groups excluding carboxylic acids is 1. The van der Waals surface area contributed by atoms with Crippen molar-refractivity contribution in [1.82, 2.24) is 0 Å². The molecule has 0 saturated heterocycles. The molecule has 2 aliphatic carbocycles. The molecule has 66 valence electrons. The topological polar surface area (TPSA) is 17.1 Å². The Morgan fingerprint density at radius 1 is 1.31 bits per heavy atom. The number of hydrogen-bond donors (Lipinski definition) is 0. The molecular weight excluding hydrogens is 275 g/mol. The van der Waals surface area contributed by atoms with Crippen molar-refractivity contribution in [3.05, 3.63) is 32.9 Å². The van der Waals surface area contributed by atoms with Crippen molar-refractivity contribution in [3.8, 4) is 0 Å². The van der Waals surface area contributed by atoms with Crippen LogP contribution < -0.4 is 0 Å². The Morgan fingerprint density at radius 3 is 3.00 bits per heavy atom. The first kappa shape index (κ1) is 7.97. The van der Waals surface area contributed by atoms with Gasteiger partial charge in [-0.3, -0.25) is 4.79 Å². The number of halogens is 1. The predicted molar refractivity (Wildman–Crippen MR) is 58.9 cm³/mol. The van der Waals surface area contributed by atoms with E-state index in [1.807, 2.05) is 0 Å². The quantitative estimate of drug-likeness (QED) is 0.669. The van der Waals surface area contributed by atoms with Crippen LogP contribution in [0, 0.1) is 3.57 Å². The highest BCUT2D eigenvalue weighted by molar-refractivity contribution is 14.1. The third-order valence-electron chi connectivity index (χ3n) is 3.22. The van der Waals surface area contributed by atoms with Gasteiger partial charge in [-0.2, -0.15) is 0 Å². The molecule has 0 radical (unpaired) electrons. The third-order valence-corrected chi connectivity index (χ3v) is 3.89. The summed E-state index contributed by atoms with van der Waals surface area (Å²) in [7, 11) is 0. The van der Waals surface area contributed by atoms with Crippen molar-refractivity contribution in [3.63, 3.8) is 0 Å². The molecule has 0 heterocycles. The Morgan fingerprint density at radius 2 is 2.15 bits per heavy atom. The zero-order valence-electron chi connectivity index (χ0n) is 7.09. The van der Waals surface area contributed by atoms with Gasteiger partial charge in [0.15, 0.2) is 0 Å². The van der Waals surface area contributed by atoms with E-state index in [0.717, 1.165) is 12.8 Å². The summed E-state index contributed by atoms with van der Waals surface area (Å²) in [6.45, 7) is 0. The molecule has 2 heteroatoms. The van der Waals surface area contributed by atoms with Crippen molar-refractivity contribution < 1.29 is 4.79 Å². The highest BCUT2D eigenvalue weighted by atomic mass is 127. The third kappa shape index (κ3) is 1.01. The molecule has 1 saturated carbocycles. The molecule has 0 aliphatic heterocycles. The summed E-state index contributed by atoms with van der Waals surface area (Å²) in [6, 6.07) is 6.52. The van der Waals surface area contributed by atoms with Crippen LogP contribution in [0.2, 0.25) is 0 Å². The van der Waals surface area contributed by atoms with E-state index < -0.39 is 0 Å². The number of Topliss-reactive ketones (excluding diaryl/α,β-unsaturated/α-hetero) is 1. The zero-order chi connectivity index (χ0) is 9.00. The lowest BCUT2D eigenvalue weighted by Gasteiger charge is -2.13. The molecule has 1 nitrogen and oxygen atoms in total. The van der Waals surface area contributed by atoms with Gasteiger partial charge in [-0.05, 0) is 58.2 Å². The number of rotatable bonds is 0. The average molecular weight is 284 g/mol. The Bertz CT molecular complexity index is 397. The first-order valence-corrected chi connectivity index (χ1v) is 5.65. The summed E-state index contributed by atoms with van der Waals surface area (Å²) in [5.74, 6) is 1.25. The molecule has 0 unspecified atom stereocenters. The van der Waals surface area contributed by atoms with E-state index in [1.54, 1.807) is 0 Å². The van der Waals surface area contributed by atoms with E-state index in [4.69, 9.17) is 0 Å². The minimum atomic E-state index is 0.245. The van der Waals surface area contributed by atoms with Crippen molar-refractivity contribution in [2.24, 2.45) is 0 Å². The summed E-state index contributed by atoms with van der Waals surface area (Å²) in [5.41, 5.74) is 2.75. The summed E-state index contributed by atoms with van der Waals surface area (Å²) in [4.78, 5) is 11.5. The van der Waals surface area contributed by atoms with E-state index in [1.165, 1.54) is 14.7 Å². The van der Waals surface area contributed by atoms with Crippen molar-refractivity contribution in [1.29, 1.82) is 0 Å². The van der Waals surface area contributed by atoms with Gasteiger partial charge in [0.2, 0.25) is 0 Å². The Labute approximate surface area is 90.7 Å². The van der Waals surface area contributed by atoms with Crippen LogP contribution >= 0.6 is 22.6 Å². The summed E-state index contributed by atoms with van der Waals surface area (Å²) in [5, 5.41) is 0. The second-order valence-corrected chi connectivity index (χ2v) is 5.17. The molecule has 2 atom stereocenters. The van der Waals surface area contributed by atoms with Crippen LogP contribution in [-0.2, 0) is 4.79 Å². The lowest BCUT2D eigenvalue weighted by atomic mass is 9.91. The predicted octanol–water partition coefficient (Wildman–Crippen LogP) is 2.83. The lowest BCUT2D eigenvalue weighted by Crippen LogP contribution is -2.09. The molecule has 1 aromatic rings. The van der Waals surface area contributed by atoms with Gasteiger partial charge >= 0.3 is 0 Å². The molecule has 0 amide bonds. The van der Waals surface area contributed by atoms with Gasteiger partial charge in [0.1, 0.15) is 5.78 Å². The summed E-state index contributed by atoms with van der Waals surface area (Å²) >= 11 is 2.31. The van der Waals surface area contributed by atoms with E-state index in [-0.39, 0.29) is 5.92 Å². The van der Waals surface area contributed by atoms with Crippen LogP contribution in [0.3, 0.4) is 0 Å². The van der Waals surface area contributed by atoms with E-state index in [0.29, 0.717) is 11.7 Å². The minimum absolute atomic E-state index is 0.245. The minimum Gasteiger partial charge on any atom is -0.299 e. The number of benzene rings is 1. The van der Waals surface area contributed by atoms with Crippen LogP contribution in [0.15, 0.2) is 18.2 Å². The maximum atomic E-state index is 11.5. The average Bonchev–Trinajstić information content (AvgIpc) is 2.60. The van der Waals surface area contributed by atoms with Gasteiger partial charge < -0.3 is 0 Å². The molecule has 3 rings (SSSR count). The molecule has 13 heavy (non-hydrogen) atoms. The van der Waals surface area contributed by atoms with E-state index >= 15 is 0 Å². The van der Waals surface area contributed by atoms with Crippen LogP contribution in [0.1, 0.15) is 35.8 Å². The first-order valence-electron chi connectivity index (χ1n) is 4.58. The van der Waals surface area contributed by atoms with Gasteiger partial charge in [0.05, 0.1) is 0 Å². The molecule has 0 spiro atoms. The Kier molecular flexibility index (Phi) is 1.57. The summed E-state index contributed by atoms with van der Waals surface area (Å²) < 4.78 is 1.25. The standard InChI is InChI=1S/C11H9IO/c12-7-1-2-8-6-3-10(9(8)5-7)11(13)4-6/h1-2,5-6,10H,3-4H2/t6-,10+/m1/s1. The molecular formula is C11H9IO. The van der Waals surface area contributed by atoms with Gasteiger partial charge in [-0.15, -0.1) is 0 Å². The number of fused-ring (bicyclic) bond motifs is 5. The monoisotopic (exact) mass is 284 g/mol. The maximum Gasteiger partial charge on any atom is 0.140 e. The number of ketones is 1. The molecule has 1 aromatic carbocycles. The van der Waals surface area contributed by atoms with E-state index in [2.05, 4.69) is 40.8 Å². The highest BCUT2D eigenvalue weighted by Gasteiger charge is 2.42. The Hall–Kier alpha value is -0.380. The number of hydrogen-bond acceptors (Lipinski definition) is 1. The smallest absolute Gasteiger partial charge is 0.140 e. The van der Waals surface area contributed by atoms with Crippen molar-refractivity contribution in [2.45, 2.75) is 24.7 Å². The number of carbonyl (C=O) groups is 1. The molecule has 0 aromatic heterocycles. The largest absolute Gasteiger partial charge is 0.299 e. The zero-order valence-corrected chi connectivity index (χ0v) is 9.24. The van der Waals surface area contributed by atoms with Crippen LogP contribution in [0.25, 0.3) is 0 Å². The molecule has 0 N–H and O–H groups in total. The van der Waals surface area contributed by atoms with Crippen LogP contribution in [-0.4, -0.2) is 5.78 Å². The first-order chi connectivity index (χ1) is 6.25. The van der Waals surface area contributed by atoms with Gasteiger partial charge in [-0.1, -0.05) is 6.07 Å². The fourth-order valence-electron chi connectivity index (χ4n) is 2.64. The molecule has 2 aliphatic rings. The SMILES string of the molecule is O=C1C[C@H]2C[C@H]1c1cc(I)ccc12. The van der Waals surface area contributed by atoms with E-state index in [9.17, 15) is 4.79 Å². The van der Waals surface area contributed by atoms with Crippen LogP contribution in [0.5, 0.6) is 0 Å². The van der Waals surface area contributed by atoms with Gasteiger partial charge in [0.25, 0.3) is 0 Å². The van der Waals surface area contributed by atoms with Gasteiger partial charge in [-0.25, -0.2) is 0 Å². The maximum absolute atomic E-state index is 11.5. The highest BCUT2D eigenvalue weighted by Crippen LogP contribution is 2.51. The van der Waals surface area contributed by atoms with Crippen LogP contribution in [0.4, 0.5) is 0 Å². The summed E-state index contributed by atoms with van der Waals surface area (Å²) in [6.07, 6.45) is 1.87. The lowest BCUT2D eigenvalue weighted by molar-refractivity contribution is -0.118. The second kappa shape index (κ2) is 2.56. The fourth-order valence-corrected chi connectivity index (χ4v) is 3.16. The van der Waals surface area contributed by atoms with Crippen molar-refractivity contribution in [2.75, 3.05) is 0 Å². The van der Waals surface area contributed by atoms with Gasteiger partial charge in [0, 0.05) is 15.9 Å². The molecule has 2 bridgehead atoms.